The highest BCUT2D eigenvalue weighted by molar-refractivity contribution is 5.88. The molecule has 1 fully saturated rings. The van der Waals surface area contributed by atoms with E-state index < -0.39 is 23.2 Å². The van der Waals surface area contributed by atoms with Gasteiger partial charge in [-0.15, -0.1) is 0 Å². The molecular formula is C13H15F2NO2. The Hall–Kier alpha value is -1.65. The van der Waals surface area contributed by atoms with Gasteiger partial charge < -0.3 is 10.4 Å². The molecule has 0 atom stereocenters. The highest BCUT2D eigenvalue weighted by Crippen LogP contribution is 2.34. The molecule has 0 bridgehead atoms. The summed E-state index contributed by atoms with van der Waals surface area (Å²) in [5.41, 5.74) is -0.852. The van der Waals surface area contributed by atoms with Crippen LogP contribution in [0.1, 0.15) is 43.0 Å². The van der Waals surface area contributed by atoms with Crippen molar-refractivity contribution in [1.82, 2.24) is 0 Å². The van der Waals surface area contributed by atoms with E-state index in [1.165, 1.54) is 6.07 Å². The standard InChI is InChI=1S/C13H15F2NO2/c1-13(6-2-3-7-13)16-9-5-4-8(12(17)18)10(14)11(9)15/h4-5,16H,2-3,6-7H2,1H3,(H,17,18). The fourth-order valence-electron chi connectivity index (χ4n) is 2.42. The van der Waals surface area contributed by atoms with Crippen molar-refractivity contribution < 1.29 is 18.7 Å². The molecule has 0 spiro atoms. The summed E-state index contributed by atoms with van der Waals surface area (Å²) < 4.78 is 27.3. The van der Waals surface area contributed by atoms with Gasteiger partial charge in [-0.3, -0.25) is 0 Å². The molecule has 5 heteroatoms. The van der Waals surface area contributed by atoms with E-state index in [4.69, 9.17) is 5.11 Å². The average molecular weight is 255 g/mol. The Kier molecular flexibility index (Phi) is 3.24. The van der Waals surface area contributed by atoms with E-state index in [0.29, 0.717) is 0 Å². The number of aromatic carboxylic acids is 1. The molecular weight excluding hydrogens is 240 g/mol. The summed E-state index contributed by atoms with van der Waals surface area (Å²) in [5, 5.41) is 11.7. The van der Waals surface area contributed by atoms with Gasteiger partial charge in [-0.25, -0.2) is 13.6 Å². The number of carboxylic acids is 1. The van der Waals surface area contributed by atoms with Crippen molar-refractivity contribution in [2.24, 2.45) is 0 Å². The van der Waals surface area contributed by atoms with E-state index in [0.717, 1.165) is 31.7 Å². The van der Waals surface area contributed by atoms with Crippen molar-refractivity contribution in [3.63, 3.8) is 0 Å². The zero-order chi connectivity index (χ0) is 13.3. The van der Waals surface area contributed by atoms with E-state index in [1.54, 1.807) is 0 Å². The molecule has 1 aromatic rings. The number of anilines is 1. The maximum Gasteiger partial charge on any atom is 0.338 e. The van der Waals surface area contributed by atoms with E-state index in [2.05, 4.69) is 5.32 Å². The number of rotatable bonds is 3. The maximum absolute atomic E-state index is 13.7. The van der Waals surface area contributed by atoms with Crippen molar-refractivity contribution in [2.75, 3.05) is 5.32 Å². The lowest BCUT2D eigenvalue weighted by Crippen LogP contribution is -2.31. The van der Waals surface area contributed by atoms with Crippen LogP contribution in [-0.2, 0) is 0 Å². The Labute approximate surface area is 104 Å². The van der Waals surface area contributed by atoms with Gasteiger partial charge in [-0.2, -0.15) is 0 Å². The molecule has 0 saturated heterocycles. The lowest BCUT2D eigenvalue weighted by atomic mass is 10.00. The zero-order valence-corrected chi connectivity index (χ0v) is 10.1. The van der Waals surface area contributed by atoms with Gasteiger partial charge in [-0.1, -0.05) is 12.8 Å². The second-order valence-electron chi connectivity index (χ2n) is 4.99. The summed E-state index contributed by atoms with van der Waals surface area (Å²) in [6.45, 7) is 1.96. The first-order valence-corrected chi connectivity index (χ1v) is 5.92. The molecule has 18 heavy (non-hydrogen) atoms. The molecule has 98 valence electrons. The minimum atomic E-state index is -1.47. The van der Waals surface area contributed by atoms with Gasteiger partial charge in [-0.05, 0) is 31.9 Å². The van der Waals surface area contributed by atoms with Crippen LogP contribution in [0.25, 0.3) is 0 Å². The molecule has 0 amide bonds. The second-order valence-corrected chi connectivity index (χ2v) is 4.99. The number of halogens is 2. The largest absolute Gasteiger partial charge is 0.478 e. The molecule has 1 aliphatic rings. The summed E-state index contributed by atoms with van der Waals surface area (Å²) in [4.78, 5) is 10.7. The smallest absolute Gasteiger partial charge is 0.338 e. The minimum absolute atomic E-state index is 0.0295. The molecule has 2 N–H and O–H groups in total. The molecule has 0 heterocycles. The quantitative estimate of drug-likeness (QED) is 0.870. The summed E-state index contributed by atoms with van der Waals surface area (Å²) in [5.74, 6) is -3.90. The molecule has 1 aromatic carbocycles. The highest BCUT2D eigenvalue weighted by atomic mass is 19.2. The van der Waals surface area contributed by atoms with Crippen molar-refractivity contribution in [3.05, 3.63) is 29.3 Å². The molecule has 1 aliphatic carbocycles. The predicted molar refractivity (Wildman–Crippen MR) is 63.8 cm³/mol. The molecule has 0 aromatic heterocycles. The third-order valence-corrected chi connectivity index (χ3v) is 3.46. The minimum Gasteiger partial charge on any atom is -0.478 e. The van der Waals surface area contributed by atoms with Crippen LogP contribution in [-0.4, -0.2) is 16.6 Å². The van der Waals surface area contributed by atoms with Crippen LogP contribution >= 0.6 is 0 Å². The predicted octanol–water partition coefficient (Wildman–Crippen LogP) is 3.41. The number of nitrogens with one attached hydrogen (secondary N) is 1. The van der Waals surface area contributed by atoms with Gasteiger partial charge in [0, 0.05) is 5.54 Å². The van der Waals surface area contributed by atoms with Crippen LogP contribution in [0.3, 0.4) is 0 Å². The highest BCUT2D eigenvalue weighted by Gasteiger charge is 2.30. The number of carbonyl (C=O) groups is 1. The second kappa shape index (κ2) is 4.55. The third-order valence-electron chi connectivity index (χ3n) is 3.46. The zero-order valence-electron chi connectivity index (χ0n) is 10.1. The van der Waals surface area contributed by atoms with Crippen LogP contribution in [0.2, 0.25) is 0 Å². The van der Waals surface area contributed by atoms with Crippen LogP contribution in [0.15, 0.2) is 12.1 Å². The van der Waals surface area contributed by atoms with Gasteiger partial charge in [0.05, 0.1) is 11.3 Å². The lowest BCUT2D eigenvalue weighted by molar-refractivity contribution is 0.0690. The first-order chi connectivity index (χ1) is 8.43. The van der Waals surface area contributed by atoms with Gasteiger partial charge in [0.1, 0.15) is 0 Å². The van der Waals surface area contributed by atoms with E-state index in [-0.39, 0.29) is 11.2 Å². The number of hydrogen-bond acceptors (Lipinski definition) is 2. The first kappa shape index (κ1) is 12.8. The van der Waals surface area contributed by atoms with E-state index >= 15 is 0 Å². The Morgan fingerprint density at radius 1 is 1.28 bits per heavy atom. The monoisotopic (exact) mass is 255 g/mol. The topological polar surface area (TPSA) is 49.3 Å². The Morgan fingerprint density at radius 3 is 2.44 bits per heavy atom. The number of carboxylic acid groups (broad SMARTS) is 1. The van der Waals surface area contributed by atoms with Gasteiger partial charge >= 0.3 is 5.97 Å². The molecule has 0 radical (unpaired) electrons. The van der Waals surface area contributed by atoms with Crippen molar-refractivity contribution in [2.45, 2.75) is 38.1 Å². The molecule has 1 saturated carbocycles. The van der Waals surface area contributed by atoms with Crippen molar-refractivity contribution >= 4 is 11.7 Å². The van der Waals surface area contributed by atoms with E-state index in [9.17, 15) is 13.6 Å². The Morgan fingerprint density at radius 2 is 1.89 bits per heavy atom. The third kappa shape index (κ3) is 2.30. The maximum atomic E-state index is 13.7. The van der Waals surface area contributed by atoms with Crippen LogP contribution in [0.4, 0.5) is 14.5 Å². The molecule has 2 rings (SSSR count). The van der Waals surface area contributed by atoms with Crippen LogP contribution in [0, 0.1) is 11.6 Å². The van der Waals surface area contributed by atoms with Crippen molar-refractivity contribution in [1.29, 1.82) is 0 Å². The SMILES string of the molecule is CC1(Nc2ccc(C(=O)O)c(F)c2F)CCCC1. The molecule has 0 aliphatic heterocycles. The van der Waals surface area contributed by atoms with Crippen LogP contribution in [0.5, 0.6) is 0 Å². The van der Waals surface area contributed by atoms with Crippen LogP contribution < -0.4 is 5.32 Å². The summed E-state index contributed by atoms with van der Waals surface area (Å²) in [6.07, 6.45) is 3.91. The normalized spacial score (nSPS) is 17.7. The molecule has 0 unspecified atom stereocenters. The Balaban J connectivity index is 2.30. The number of hydrogen-bond donors (Lipinski definition) is 2. The summed E-state index contributed by atoms with van der Waals surface area (Å²) >= 11 is 0. The number of benzene rings is 1. The summed E-state index contributed by atoms with van der Waals surface area (Å²) in [7, 11) is 0. The fraction of sp³-hybridized carbons (Fsp3) is 0.462. The summed E-state index contributed by atoms with van der Waals surface area (Å²) in [6, 6.07) is 2.37. The first-order valence-electron chi connectivity index (χ1n) is 5.92. The fourth-order valence-corrected chi connectivity index (χ4v) is 2.42. The van der Waals surface area contributed by atoms with Gasteiger partial charge in [0.2, 0.25) is 0 Å². The van der Waals surface area contributed by atoms with Gasteiger partial charge in [0.25, 0.3) is 0 Å². The average Bonchev–Trinajstić information content (AvgIpc) is 2.72. The van der Waals surface area contributed by atoms with Gasteiger partial charge in [0.15, 0.2) is 11.6 Å². The Bertz CT molecular complexity index is 482. The molecule has 3 nitrogen and oxygen atoms in total. The van der Waals surface area contributed by atoms with Crippen molar-refractivity contribution in [3.8, 4) is 0 Å². The lowest BCUT2D eigenvalue weighted by Gasteiger charge is -2.27. The van der Waals surface area contributed by atoms with E-state index in [1.807, 2.05) is 6.92 Å².